The maximum atomic E-state index is 13.0. The van der Waals surface area contributed by atoms with Crippen molar-refractivity contribution in [2.24, 2.45) is 0 Å². The van der Waals surface area contributed by atoms with E-state index in [0.29, 0.717) is 23.2 Å². The highest BCUT2D eigenvalue weighted by Gasteiger charge is 2.45. The summed E-state index contributed by atoms with van der Waals surface area (Å²) in [6.45, 7) is 1.84. The number of amides is 4. The number of carbonyl (C=O) groups excluding carboxylic acids is 4. The molecule has 148 valence electrons. The van der Waals surface area contributed by atoms with E-state index in [0.717, 1.165) is 36.5 Å². The molecule has 3 saturated heterocycles. The van der Waals surface area contributed by atoms with Crippen molar-refractivity contribution < 1.29 is 19.2 Å². The number of nitrogens with one attached hydrogen (secondary N) is 2. The molecule has 4 aliphatic heterocycles. The number of hydrogen-bond donors (Lipinski definition) is 2. The second-order valence-corrected chi connectivity index (χ2v) is 7.63. The molecule has 0 aliphatic carbocycles. The van der Waals surface area contributed by atoms with Gasteiger partial charge in [-0.1, -0.05) is 0 Å². The zero-order valence-electron chi connectivity index (χ0n) is 15.1. The van der Waals surface area contributed by atoms with Crippen molar-refractivity contribution in [3.8, 4) is 0 Å². The van der Waals surface area contributed by atoms with Crippen LogP contribution in [-0.2, 0) is 9.59 Å². The van der Waals surface area contributed by atoms with E-state index < -0.39 is 23.8 Å². The maximum absolute atomic E-state index is 13.0. The number of benzene rings is 1. The van der Waals surface area contributed by atoms with Gasteiger partial charge in [0.05, 0.1) is 11.1 Å². The lowest BCUT2D eigenvalue weighted by Crippen LogP contribution is -2.54. The van der Waals surface area contributed by atoms with Crippen LogP contribution in [0.15, 0.2) is 18.2 Å². The fourth-order valence-corrected chi connectivity index (χ4v) is 4.82. The largest absolute Gasteiger partial charge is 0.363 e. The molecule has 0 aromatic heterocycles. The molecule has 5 rings (SSSR count). The van der Waals surface area contributed by atoms with Gasteiger partial charge < -0.3 is 10.2 Å². The van der Waals surface area contributed by atoms with E-state index in [1.54, 1.807) is 12.1 Å². The summed E-state index contributed by atoms with van der Waals surface area (Å²) in [5, 5.41) is 5.65. The minimum absolute atomic E-state index is 0. The summed E-state index contributed by atoms with van der Waals surface area (Å²) in [5.74, 6) is -1.86. The van der Waals surface area contributed by atoms with E-state index in [-0.39, 0.29) is 31.2 Å². The minimum Gasteiger partial charge on any atom is -0.363 e. The normalized spacial score (nSPS) is 28.9. The SMILES string of the molecule is Cl.O=C1CCC(N2C(=O)c3ccc(N4C5CCC4CNC5)cc3C2=O)C(=O)N1. The zero-order chi connectivity index (χ0) is 18.7. The van der Waals surface area contributed by atoms with Gasteiger partial charge in [0, 0.05) is 37.3 Å². The Morgan fingerprint density at radius 2 is 1.57 bits per heavy atom. The van der Waals surface area contributed by atoms with Crippen molar-refractivity contribution in [2.45, 2.75) is 43.8 Å². The number of carbonyl (C=O) groups is 4. The van der Waals surface area contributed by atoms with Crippen molar-refractivity contribution >= 4 is 41.7 Å². The summed E-state index contributed by atoms with van der Waals surface area (Å²) < 4.78 is 0. The van der Waals surface area contributed by atoms with Gasteiger partial charge in [-0.25, -0.2) is 0 Å². The molecule has 28 heavy (non-hydrogen) atoms. The second kappa shape index (κ2) is 6.86. The molecule has 3 fully saturated rings. The van der Waals surface area contributed by atoms with Crippen LogP contribution in [0.3, 0.4) is 0 Å². The quantitative estimate of drug-likeness (QED) is 0.694. The summed E-state index contributed by atoms with van der Waals surface area (Å²) in [7, 11) is 0. The summed E-state index contributed by atoms with van der Waals surface area (Å²) >= 11 is 0. The molecule has 0 radical (unpaired) electrons. The molecule has 0 saturated carbocycles. The van der Waals surface area contributed by atoms with Crippen LogP contribution >= 0.6 is 12.4 Å². The fraction of sp³-hybridized carbons (Fsp3) is 0.474. The van der Waals surface area contributed by atoms with Crippen LogP contribution in [0.25, 0.3) is 0 Å². The van der Waals surface area contributed by atoms with E-state index in [9.17, 15) is 19.2 Å². The van der Waals surface area contributed by atoms with Crippen molar-refractivity contribution in [1.29, 1.82) is 0 Å². The number of hydrogen-bond acceptors (Lipinski definition) is 6. The third-order valence-electron chi connectivity index (χ3n) is 6.10. The monoisotopic (exact) mass is 404 g/mol. The number of fused-ring (bicyclic) bond motifs is 3. The first-order chi connectivity index (χ1) is 13.0. The molecule has 4 aliphatic rings. The molecule has 1 aromatic rings. The van der Waals surface area contributed by atoms with Crippen LogP contribution < -0.4 is 15.5 Å². The predicted octanol–water partition coefficient (Wildman–Crippen LogP) is 0.450. The van der Waals surface area contributed by atoms with Gasteiger partial charge in [-0.15, -0.1) is 12.4 Å². The first-order valence-corrected chi connectivity index (χ1v) is 9.39. The number of rotatable bonds is 2. The lowest BCUT2D eigenvalue weighted by Gasteiger charge is -2.37. The van der Waals surface area contributed by atoms with Gasteiger partial charge >= 0.3 is 0 Å². The Kier molecular flexibility index (Phi) is 4.63. The van der Waals surface area contributed by atoms with Gasteiger partial charge in [0.1, 0.15) is 6.04 Å². The van der Waals surface area contributed by atoms with Gasteiger partial charge in [0.25, 0.3) is 11.8 Å². The molecule has 2 N–H and O–H groups in total. The molecule has 0 spiro atoms. The number of nitrogens with zero attached hydrogens (tertiary/aromatic N) is 2. The van der Waals surface area contributed by atoms with Crippen LogP contribution in [0, 0.1) is 0 Å². The van der Waals surface area contributed by atoms with E-state index in [2.05, 4.69) is 15.5 Å². The van der Waals surface area contributed by atoms with Crippen LogP contribution in [0.2, 0.25) is 0 Å². The van der Waals surface area contributed by atoms with Crippen molar-refractivity contribution in [2.75, 3.05) is 18.0 Å². The molecule has 3 atom stereocenters. The summed E-state index contributed by atoms with van der Waals surface area (Å²) in [6.07, 6.45) is 2.53. The molecular weight excluding hydrogens is 384 g/mol. The third kappa shape index (κ3) is 2.70. The molecule has 4 amide bonds. The first-order valence-electron chi connectivity index (χ1n) is 9.39. The van der Waals surface area contributed by atoms with Gasteiger partial charge in [-0.05, 0) is 37.5 Å². The van der Waals surface area contributed by atoms with Crippen molar-refractivity contribution in [3.05, 3.63) is 29.3 Å². The average Bonchev–Trinajstić information content (AvgIpc) is 3.05. The van der Waals surface area contributed by atoms with Crippen LogP contribution in [0.1, 0.15) is 46.4 Å². The topological polar surface area (TPSA) is 98.8 Å². The number of piperazine rings is 1. The Bertz CT molecular complexity index is 873. The lowest BCUT2D eigenvalue weighted by molar-refractivity contribution is -0.136. The first kappa shape index (κ1) is 18.9. The van der Waals surface area contributed by atoms with Gasteiger partial charge in [0.15, 0.2) is 0 Å². The summed E-state index contributed by atoms with van der Waals surface area (Å²) in [5.41, 5.74) is 1.63. The standard InChI is InChI=1S/C19H20N4O4.ClH/c24-16-6-5-15(17(25)21-16)23-18(26)13-4-3-10(7-14(13)19(23)27)22-11-1-2-12(22)9-20-8-11;/h3-4,7,11-12,15,20H,1-2,5-6,8-9H2,(H,21,24,25);1H. The number of piperidine rings is 1. The summed E-state index contributed by atoms with van der Waals surface area (Å²) in [4.78, 5) is 52.6. The van der Waals surface area contributed by atoms with E-state index in [1.165, 1.54) is 0 Å². The lowest BCUT2D eigenvalue weighted by atomic mass is 10.0. The highest BCUT2D eigenvalue weighted by atomic mass is 35.5. The Morgan fingerprint density at radius 3 is 2.25 bits per heavy atom. The van der Waals surface area contributed by atoms with Crippen LogP contribution in [0.5, 0.6) is 0 Å². The number of halogens is 1. The smallest absolute Gasteiger partial charge is 0.262 e. The Balaban J connectivity index is 0.00000192. The molecular formula is C19H21ClN4O4. The Morgan fingerprint density at radius 1 is 0.893 bits per heavy atom. The zero-order valence-corrected chi connectivity index (χ0v) is 16.0. The van der Waals surface area contributed by atoms with Gasteiger partial charge in [0.2, 0.25) is 11.8 Å². The fourth-order valence-electron chi connectivity index (χ4n) is 4.82. The second-order valence-electron chi connectivity index (χ2n) is 7.63. The van der Waals surface area contributed by atoms with Crippen LogP contribution in [0.4, 0.5) is 5.69 Å². The predicted molar refractivity (Wildman–Crippen MR) is 103 cm³/mol. The van der Waals surface area contributed by atoms with Gasteiger partial charge in [-0.3, -0.25) is 29.4 Å². The van der Waals surface area contributed by atoms with Crippen molar-refractivity contribution in [1.82, 2.24) is 15.5 Å². The number of imide groups is 2. The third-order valence-corrected chi connectivity index (χ3v) is 6.10. The van der Waals surface area contributed by atoms with Crippen molar-refractivity contribution in [3.63, 3.8) is 0 Å². The molecule has 1 aromatic carbocycles. The Hall–Kier alpha value is -2.45. The van der Waals surface area contributed by atoms with E-state index in [4.69, 9.17) is 0 Å². The molecule has 3 unspecified atom stereocenters. The van der Waals surface area contributed by atoms with E-state index in [1.807, 2.05) is 6.07 Å². The number of anilines is 1. The molecule has 2 bridgehead atoms. The van der Waals surface area contributed by atoms with Crippen LogP contribution in [-0.4, -0.2) is 59.7 Å². The molecule has 4 heterocycles. The minimum atomic E-state index is -0.922. The van der Waals surface area contributed by atoms with E-state index >= 15 is 0 Å². The maximum Gasteiger partial charge on any atom is 0.262 e. The Labute approximate surface area is 168 Å². The molecule has 8 nitrogen and oxygen atoms in total. The highest BCUT2D eigenvalue weighted by molar-refractivity contribution is 6.23. The average molecular weight is 405 g/mol. The summed E-state index contributed by atoms with van der Waals surface area (Å²) in [6, 6.07) is 5.26. The highest BCUT2D eigenvalue weighted by Crippen LogP contribution is 2.36. The molecule has 9 heteroatoms. The van der Waals surface area contributed by atoms with Gasteiger partial charge in [-0.2, -0.15) is 0 Å².